The average molecular weight is 587 g/mol. The topological polar surface area (TPSA) is 122 Å². The smallest absolute Gasteiger partial charge is 0.383 e. The van der Waals surface area contributed by atoms with Crippen LogP contribution in [0.5, 0.6) is 0 Å². The Bertz CT molecular complexity index is 1810. The molecule has 9 nitrogen and oxygen atoms in total. The van der Waals surface area contributed by atoms with Gasteiger partial charge in [-0.3, -0.25) is 14.7 Å². The fraction of sp³-hybridized carbons (Fsp3) is 0.323. The number of alkyl halides is 3. The number of amides is 1. The molecule has 12 heteroatoms. The lowest BCUT2D eigenvalue weighted by atomic mass is 10.0. The van der Waals surface area contributed by atoms with E-state index in [0.717, 1.165) is 43.4 Å². The van der Waals surface area contributed by atoms with E-state index in [4.69, 9.17) is 5.73 Å². The van der Waals surface area contributed by atoms with Crippen LogP contribution < -0.4 is 16.4 Å². The number of nitrogen functional groups attached to an aromatic ring is 1. The summed E-state index contributed by atoms with van der Waals surface area (Å²) in [7, 11) is 0. The number of hydrogen-bond donors (Lipinski definition) is 3. The molecule has 220 valence electrons. The van der Waals surface area contributed by atoms with Gasteiger partial charge in [-0.1, -0.05) is 17.9 Å². The number of aromatic nitrogens is 4. The molecule has 1 spiro atoms. The van der Waals surface area contributed by atoms with E-state index in [0.29, 0.717) is 28.7 Å². The second kappa shape index (κ2) is 10.9. The van der Waals surface area contributed by atoms with Crippen LogP contribution >= 0.6 is 0 Å². The standard InChI is InChI=1S/C31H29F3N8O/c1-18-19(2)40-27-24(28(35)37-15-26(27)39-18)6-3-20-11-22(14-36-13-20)29(43)41-23-5-4-21(25(12-23)31(32,33)34)16-42-10-9-38-30(17-42)7-8-30/h4-5,11-15,38H,7-10,16-17H2,1-2H3,(H2,35,37)(H,41,43). The third-order valence-corrected chi connectivity index (χ3v) is 7.86. The Morgan fingerprint density at radius 1 is 1.12 bits per heavy atom. The molecule has 6 rings (SSSR count). The first-order chi connectivity index (χ1) is 20.5. The van der Waals surface area contributed by atoms with E-state index >= 15 is 0 Å². The molecule has 1 aromatic carbocycles. The first-order valence-electron chi connectivity index (χ1n) is 13.9. The fourth-order valence-corrected chi connectivity index (χ4v) is 5.26. The zero-order valence-electron chi connectivity index (χ0n) is 23.6. The van der Waals surface area contributed by atoms with Crippen molar-refractivity contribution < 1.29 is 18.0 Å². The van der Waals surface area contributed by atoms with E-state index < -0.39 is 17.6 Å². The number of nitrogens with zero attached hydrogens (tertiary/aromatic N) is 5. The number of nitrogens with two attached hydrogens (primary N) is 1. The molecule has 0 bridgehead atoms. The summed E-state index contributed by atoms with van der Waals surface area (Å²) in [6.45, 7) is 6.04. The Balaban J connectivity index is 1.21. The summed E-state index contributed by atoms with van der Waals surface area (Å²) < 4.78 is 42.2. The number of fused-ring (bicyclic) bond motifs is 1. The minimum Gasteiger partial charge on any atom is -0.383 e. The minimum atomic E-state index is -4.57. The minimum absolute atomic E-state index is 0.0374. The lowest BCUT2D eigenvalue weighted by Crippen LogP contribution is -2.52. The monoisotopic (exact) mass is 586 g/mol. The van der Waals surface area contributed by atoms with Gasteiger partial charge < -0.3 is 16.4 Å². The molecule has 3 aromatic heterocycles. The van der Waals surface area contributed by atoms with E-state index in [1.54, 1.807) is 0 Å². The molecule has 1 aliphatic carbocycles. The van der Waals surface area contributed by atoms with Gasteiger partial charge in [0.25, 0.3) is 5.91 Å². The Hall–Kier alpha value is -4.60. The number of carbonyl (C=O) groups is 1. The highest BCUT2D eigenvalue weighted by Gasteiger charge is 2.45. The van der Waals surface area contributed by atoms with Gasteiger partial charge in [-0.2, -0.15) is 13.2 Å². The van der Waals surface area contributed by atoms with E-state index in [1.807, 2.05) is 13.8 Å². The lowest BCUT2D eigenvalue weighted by molar-refractivity contribution is -0.138. The van der Waals surface area contributed by atoms with Crippen molar-refractivity contribution in [3.05, 3.63) is 82.1 Å². The van der Waals surface area contributed by atoms with Crippen molar-refractivity contribution in [3.8, 4) is 11.8 Å². The van der Waals surface area contributed by atoms with Crippen molar-refractivity contribution in [2.24, 2.45) is 0 Å². The zero-order chi connectivity index (χ0) is 30.4. The van der Waals surface area contributed by atoms with Gasteiger partial charge in [0, 0.05) is 55.4 Å². The highest BCUT2D eigenvalue weighted by atomic mass is 19.4. The summed E-state index contributed by atoms with van der Waals surface area (Å²) in [5, 5.41) is 6.04. The number of benzene rings is 1. The molecule has 1 saturated heterocycles. The molecule has 4 heterocycles. The Morgan fingerprint density at radius 3 is 2.67 bits per heavy atom. The van der Waals surface area contributed by atoms with Crippen LogP contribution in [0.1, 0.15) is 56.8 Å². The molecule has 4 N–H and O–H groups in total. The number of halogens is 3. The van der Waals surface area contributed by atoms with Crippen molar-refractivity contribution in [1.29, 1.82) is 0 Å². The van der Waals surface area contributed by atoms with Crippen molar-refractivity contribution in [1.82, 2.24) is 30.2 Å². The van der Waals surface area contributed by atoms with Crippen LogP contribution in [0.2, 0.25) is 0 Å². The molecule has 0 atom stereocenters. The summed E-state index contributed by atoms with van der Waals surface area (Å²) in [5.74, 6) is 5.47. The molecule has 43 heavy (non-hydrogen) atoms. The van der Waals surface area contributed by atoms with Crippen molar-refractivity contribution >= 4 is 28.4 Å². The SMILES string of the molecule is Cc1nc2cnc(N)c(C#Cc3cncc(C(=O)Nc4ccc(CN5CCNC6(CC6)C5)c(C(F)(F)F)c4)c3)c2nc1C. The average Bonchev–Trinajstić information content (AvgIpc) is 3.71. The van der Waals surface area contributed by atoms with Crippen molar-refractivity contribution in [2.75, 3.05) is 30.7 Å². The van der Waals surface area contributed by atoms with Gasteiger partial charge in [0.15, 0.2) is 0 Å². The summed E-state index contributed by atoms with van der Waals surface area (Å²) >= 11 is 0. The number of pyridine rings is 2. The molecular weight excluding hydrogens is 557 g/mol. The highest BCUT2D eigenvalue weighted by molar-refractivity contribution is 6.04. The van der Waals surface area contributed by atoms with Crippen LogP contribution in [-0.4, -0.2) is 55.9 Å². The molecule has 0 radical (unpaired) electrons. The second-order valence-corrected chi connectivity index (χ2v) is 11.1. The lowest BCUT2D eigenvalue weighted by Gasteiger charge is -2.34. The van der Waals surface area contributed by atoms with Gasteiger partial charge in [0.1, 0.15) is 16.9 Å². The Morgan fingerprint density at radius 2 is 1.91 bits per heavy atom. The van der Waals surface area contributed by atoms with E-state index in [9.17, 15) is 18.0 Å². The Kier molecular flexibility index (Phi) is 7.23. The van der Waals surface area contributed by atoms with Crippen molar-refractivity contribution in [3.63, 3.8) is 0 Å². The van der Waals surface area contributed by atoms with Crippen molar-refractivity contribution in [2.45, 2.75) is 44.9 Å². The van der Waals surface area contributed by atoms with E-state index in [1.165, 1.54) is 36.8 Å². The van der Waals surface area contributed by atoms with Gasteiger partial charge in [-0.15, -0.1) is 0 Å². The first-order valence-corrected chi connectivity index (χ1v) is 13.9. The van der Waals surface area contributed by atoms with E-state index in [2.05, 4.69) is 47.3 Å². The van der Waals surface area contributed by atoms with Crippen LogP contribution in [-0.2, 0) is 12.7 Å². The third-order valence-electron chi connectivity index (χ3n) is 7.86. The fourth-order valence-electron chi connectivity index (χ4n) is 5.26. The molecule has 4 aromatic rings. The van der Waals surface area contributed by atoms with Gasteiger partial charge in [0.2, 0.25) is 0 Å². The normalized spacial score (nSPS) is 16.1. The molecule has 1 amide bonds. The largest absolute Gasteiger partial charge is 0.416 e. The maximum Gasteiger partial charge on any atom is 0.416 e. The predicted octanol–water partition coefficient (Wildman–Crippen LogP) is 4.23. The number of carbonyl (C=O) groups excluding carboxylic acids is 1. The first kappa shape index (κ1) is 28.5. The number of piperazine rings is 1. The van der Waals surface area contributed by atoms with Crippen LogP contribution in [0.4, 0.5) is 24.7 Å². The molecule has 1 saturated carbocycles. The van der Waals surface area contributed by atoms with Crippen LogP contribution in [0.15, 0.2) is 42.9 Å². The van der Waals surface area contributed by atoms with Gasteiger partial charge in [-0.25, -0.2) is 15.0 Å². The summed E-state index contributed by atoms with van der Waals surface area (Å²) in [5.41, 5.74) is 9.09. The van der Waals surface area contributed by atoms with E-state index in [-0.39, 0.29) is 34.7 Å². The quantitative estimate of drug-likeness (QED) is 0.304. The van der Waals surface area contributed by atoms with Gasteiger partial charge in [-0.05, 0) is 50.5 Å². The van der Waals surface area contributed by atoms with Crippen LogP contribution in [0, 0.1) is 25.7 Å². The maximum atomic E-state index is 14.1. The number of nitrogens with one attached hydrogen (secondary N) is 2. The van der Waals surface area contributed by atoms with Gasteiger partial charge in [0.05, 0.1) is 34.3 Å². The summed E-state index contributed by atoms with van der Waals surface area (Å²) in [6.07, 6.45) is 1.85. The predicted molar refractivity (Wildman–Crippen MR) is 156 cm³/mol. The second-order valence-electron chi connectivity index (χ2n) is 11.1. The van der Waals surface area contributed by atoms with Crippen LogP contribution in [0.3, 0.4) is 0 Å². The van der Waals surface area contributed by atoms with Crippen LogP contribution in [0.25, 0.3) is 11.0 Å². The maximum absolute atomic E-state index is 14.1. The molecule has 2 fully saturated rings. The molecule has 1 aliphatic heterocycles. The highest BCUT2D eigenvalue weighted by Crippen LogP contribution is 2.39. The Labute approximate surface area is 246 Å². The summed E-state index contributed by atoms with van der Waals surface area (Å²) in [4.78, 5) is 32.4. The summed E-state index contributed by atoms with van der Waals surface area (Å²) in [6, 6.07) is 5.42. The number of anilines is 2. The third kappa shape index (κ3) is 6.14. The van der Waals surface area contributed by atoms with Gasteiger partial charge >= 0.3 is 6.18 Å². The number of rotatable bonds is 4. The molecule has 0 unspecified atom stereocenters. The number of hydrogen-bond acceptors (Lipinski definition) is 8. The molecular formula is C31H29F3N8O. The zero-order valence-corrected chi connectivity index (χ0v) is 23.6. The molecule has 2 aliphatic rings. The number of aryl methyl sites for hydroxylation is 2.